The standard InChI is InChI=1S/C11H10F2N2O5/c12-6-1-2-8(15(18)19)10(9(6)13)14-7-4-20-3-5(7)11(16)17/h1-2,5,7,14H,3-4H2,(H,16,17). The summed E-state index contributed by atoms with van der Waals surface area (Å²) in [4.78, 5) is 20.9. The number of carboxylic acid groups (broad SMARTS) is 1. The second-order valence-electron chi connectivity index (χ2n) is 4.25. The summed E-state index contributed by atoms with van der Waals surface area (Å²) in [7, 11) is 0. The summed E-state index contributed by atoms with van der Waals surface area (Å²) in [6.07, 6.45) is 0. The number of benzene rings is 1. The third-order valence-electron chi connectivity index (χ3n) is 3.00. The number of rotatable bonds is 4. The van der Waals surface area contributed by atoms with Gasteiger partial charge in [-0.3, -0.25) is 14.9 Å². The maximum atomic E-state index is 13.7. The number of hydrogen-bond donors (Lipinski definition) is 2. The van der Waals surface area contributed by atoms with Gasteiger partial charge in [0, 0.05) is 6.07 Å². The Hall–Kier alpha value is -2.29. The Kier molecular flexibility index (Phi) is 3.79. The summed E-state index contributed by atoms with van der Waals surface area (Å²) >= 11 is 0. The van der Waals surface area contributed by atoms with E-state index in [1.807, 2.05) is 0 Å². The highest BCUT2D eigenvalue weighted by molar-refractivity contribution is 5.73. The average molecular weight is 288 g/mol. The molecule has 0 amide bonds. The monoisotopic (exact) mass is 288 g/mol. The minimum Gasteiger partial charge on any atom is -0.481 e. The van der Waals surface area contributed by atoms with Crippen molar-refractivity contribution >= 4 is 17.3 Å². The zero-order chi connectivity index (χ0) is 14.9. The van der Waals surface area contributed by atoms with Crippen LogP contribution in [0.2, 0.25) is 0 Å². The maximum Gasteiger partial charge on any atom is 0.311 e. The van der Waals surface area contributed by atoms with Crippen LogP contribution in [0.5, 0.6) is 0 Å². The van der Waals surface area contributed by atoms with Crippen LogP contribution in [0.25, 0.3) is 0 Å². The molecule has 2 N–H and O–H groups in total. The third kappa shape index (κ3) is 2.52. The SMILES string of the molecule is O=C(O)C1COCC1Nc1c([N+](=O)[O-])ccc(F)c1F. The molecule has 0 spiro atoms. The Bertz CT molecular complexity index is 566. The van der Waals surface area contributed by atoms with Crippen molar-refractivity contribution in [3.63, 3.8) is 0 Å². The largest absolute Gasteiger partial charge is 0.481 e. The van der Waals surface area contributed by atoms with Crippen LogP contribution in [0.4, 0.5) is 20.2 Å². The highest BCUT2D eigenvalue weighted by Gasteiger charge is 2.36. The number of hydrogen-bond acceptors (Lipinski definition) is 5. The van der Waals surface area contributed by atoms with Crippen molar-refractivity contribution in [1.82, 2.24) is 0 Å². The van der Waals surface area contributed by atoms with Gasteiger partial charge in [0.15, 0.2) is 17.3 Å². The Morgan fingerprint density at radius 1 is 1.45 bits per heavy atom. The lowest BCUT2D eigenvalue weighted by Crippen LogP contribution is -2.33. The van der Waals surface area contributed by atoms with Gasteiger partial charge < -0.3 is 15.2 Å². The number of carbonyl (C=O) groups is 1. The topological polar surface area (TPSA) is 102 Å². The molecule has 2 unspecified atom stereocenters. The summed E-state index contributed by atoms with van der Waals surface area (Å²) in [5, 5.41) is 22.1. The van der Waals surface area contributed by atoms with Crippen molar-refractivity contribution in [2.75, 3.05) is 18.5 Å². The van der Waals surface area contributed by atoms with Crippen molar-refractivity contribution in [1.29, 1.82) is 0 Å². The van der Waals surface area contributed by atoms with E-state index in [9.17, 15) is 23.7 Å². The summed E-state index contributed by atoms with van der Waals surface area (Å²) < 4.78 is 31.8. The molecule has 1 aliphatic rings. The number of nitrogens with zero attached hydrogens (tertiary/aromatic N) is 1. The molecule has 2 atom stereocenters. The number of halogens is 2. The van der Waals surface area contributed by atoms with Crippen LogP contribution in [0.15, 0.2) is 12.1 Å². The van der Waals surface area contributed by atoms with Gasteiger partial charge in [-0.2, -0.15) is 0 Å². The Labute approximate surface area is 111 Å². The maximum absolute atomic E-state index is 13.7. The van der Waals surface area contributed by atoms with Crippen molar-refractivity contribution in [3.05, 3.63) is 33.9 Å². The molecule has 0 radical (unpaired) electrons. The smallest absolute Gasteiger partial charge is 0.311 e. The number of nitro benzene ring substituents is 1. The molecule has 0 aromatic heterocycles. The van der Waals surface area contributed by atoms with Crippen LogP contribution in [0, 0.1) is 27.7 Å². The van der Waals surface area contributed by atoms with Crippen molar-refractivity contribution in [3.8, 4) is 0 Å². The Morgan fingerprint density at radius 3 is 2.75 bits per heavy atom. The summed E-state index contributed by atoms with van der Waals surface area (Å²) in [5.41, 5.74) is -1.34. The number of anilines is 1. The highest BCUT2D eigenvalue weighted by Crippen LogP contribution is 2.31. The molecule has 1 saturated heterocycles. The molecule has 108 valence electrons. The number of carboxylic acids is 1. The first-order chi connectivity index (χ1) is 9.41. The number of nitro groups is 1. The van der Waals surface area contributed by atoms with Gasteiger partial charge in [-0.05, 0) is 6.07 Å². The lowest BCUT2D eigenvalue weighted by atomic mass is 10.0. The Balaban J connectivity index is 2.35. The summed E-state index contributed by atoms with van der Waals surface area (Å²) in [5.74, 6) is -4.85. The number of aliphatic carboxylic acids is 1. The fraction of sp³-hybridized carbons (Fsp3) is 0.364. The fourth-order valence-corrected chi connectivity index (χ4v) is 1.96. The molecule has 0 saturated carbocycles. The second kappa shape index (κ2) is 5.37. The van der Waals surface area contributed by atoms with Gasteiger partial charge in [0.2, 0.25) is 0 Å². The highest BCUT2D eigenvalue weighted by atomic mass is 19.2. The van der Waals surface area contributed by atoms with Crippen molar-refractivity contribution in [2.45, 2.75) is 6.04 Å². The van der Waals surface area contributed by atoms with Gasteiger partial charge in [0.25, 0.3) is 5.69 Å². The van der Waals surface area contributed by atoms with E-state index in [2.05, 4.69) is 5.32 Å². The van der Waals surface area contributed by atoms with Gasteiger partial charge in [-0.1, -0.05) is 0 Å². The van der Waals surface area contributed by atoms with Gasteiger partial charge in [-0.15, -0.1) is 0 Å². The van der Waals surface area contributed by atoms with Crippen LogP contribution >= 0.6 is 0 Å². The molecule has 20 heavy (non-hydrogen) atoms. The van der Waals surface area contributed by atoms with Crippen LogP contribution < -0.4 is 5.32 Å². The Morgan fingerprint density at radius 2 is 2.15 bits per heavy atom. The minimum absolute atomic E-state index is 0.0654. The lowest BCUT2D eigenvalue weighted by molar-refractivity contribution is -0.384. The average Bonchev–Trinajstić information content (AvgIpc) is 2.83. The molecule has 1 aromatic rings. The molecular formula is C11H10F2N2O5. The van der Waals surface area contributed by atoms with E-state index >= 15 is 0 Å². The zero-order valence-corrected chi connectivity index (χ0v) is 10.0. The molecule has 0 bridgehead atoms. The first kappa shape index (κ1) is 14.1. The van der Waals surface area contributed by atoms with E-state index in [0.29, 0.717) is 6.07 Å². The molecule has 1 fully saturated rings. The van der Waals surface area contributed by atoms with Crippen LogP contribution in [0.3, 0.4) is 0 Å². The summed E-state index contributed by atoms with van der Waals surface area (Å²) in [6.45, 7) is -0.165. The van der Waals surface area contributed by atoms with Gasteiger partial charge in [0.05, 0.1) is 24.2 Å². The lowest BCUT2D eigenvalue weighted by Gasteiger charge is -2.17. The van der Waals surface area contributed by atoms with Crippen LogP contribution in [-0.2, 0) is 9.53 Å². The van der Waals surface area contributed by atoms with Crippen LogP contribution in [-0.4, -0.2) is 35.3 Å². The molecule has 9 heteroatoms. The molecule has 2 rings (SSSR count). The quantitative estimate of drug-likeness (QED) is 0.641. The first-order valence-electron chi connectivity index (χ1n) is 5.61. The predicted octanol–water partition coefficient (Wildman–Crippen LogP) is 1.38. The van der Waals surface area contributed by atoms with E-state index in [4.69, 9.17) is 9.84 Å². The molecule has 1 aliphatic heterocycles. The van der Waals surface area contributed by atoms with Crippen molar-refractivity contribution < 1.29 is 28.3 Å². The molecule has 1 aromatic carbocycles. The normalized spacial score (nSPS) is 21.7. The minimum atomic E-state index is -1.42. The van der Waals surface area contributed by atoms with Crippen LogP contribution in [0.1, 0.15) is 0 Å². The van der Waals surface area contributed by atoms with Crippen molar-refractivity contribution in [2.24, 2.45) is 5.92 Å². The predicted molar refractivity (Wildman–Crippen MR) is 62.4 cm³/mol. The fourth-order valence-electron chi connectivity index (χ4n) is 1.96. The number of ether oxygens (including phenoxy) is 1. The number of nitrogens with one attached hydrogen (secondary N) is 1. The third-order valence-corrected chi connectivity index (χ3v) is 3.00. The molecule has 7 nitrogen and oxygen atoms in total. The first-order valence-corrected chi connectivity index (χ1v) is 5.61. The summed E-state index contributed by atoms with van der Waals surface area (Å²) in [6, 6.07) is 0.577. The van der Waals surface area contributed by atoms with Gasteiger partial charge in [0.1, 0.15) is 5.92 Å². The van der Waals surface area contributed by atoms with E-state index < -0.39 is 45.9 Å². The molecule has 0 aliphatic carbocycles. The molecular weight excluding hydrogens is 278 g/mol. The second-order valence-corrected chi connectivity index (χ2v) is 4.25. The van der Waals surface area contributed by atoms with E-state index in [0.717, 1.165) is 6.07 Å². The molecule has 1 heterocycles. The van der Waals surface area contributed by atoms with Gasteiger partial charge in [-0.25, -0.2) is 8.78 Å². The van der Waals surface area contributed by atoms with Gasteiger partial charge >= 0.3 is 5.97 Å². The van der Waals surface area contributed by atoms with E-state index in [-0.39, 0.29) is 13.2 Å². The zero-order valence-electron chi connectivity index (χ0n) is 10.0. The van der Waals surface area contributed by atoms with E-state index in [1.165, 1.54) is 0 Å². The van der Waals surface area contributed by atoms with E-state index in [1.54, 1.807) is 0 Å².